The predicted octanol–water partition coefficient (Wildman–Crippen LogP) is 3.64. The Labute approximate surface area is 198 Å². The third kappa shape index (κ3) is 5.61. The van der Waals surface area contributed by atoms with Crippen LogP contribution < -0.4 is 15.4 Å². The Hall–Kier alpha value is -4.13. The molecule has 174 valence electrons. The first-order valence-corrected chi connectivity index (χ1v) is 11.2. The molecule has 0 radical (unpaired) electrons. The number of amides is 2. The van der Waals surface area contributed by atoms with Crippen LogP contribution in [0.1, 0.15) is 27.3 Å². The van der Waals surface area contributed by atoms with Gasteiger partial charge in [0.1, 0.15) is 18.1 Å². The van der Waals surface area contributed by atoms with Gasteiger partial charge in [0, 0.05) is 25.1 Å². The summed E-state index contributed by atoms with van der Waals surface area (Å²) in [6.07, 6.45) is 0.512. The van der Waals surface area contributed by atoms with Crippen LogP contribution in [0.4, 0.5) is 0 Å². The largest absolute Gasteiger partial charge is 0.497 e. The zero-order valence-corrected chi connectivity index (χ0v) is 19.4. The second-order valence-corrected chi connectivity index (χ2v) is 8.10. The maximum absolute atomic E-state index is 12.7. The molecule has 4 rings (SSSR count). The molecule has 1 heterocycles. The number of aryl methyl sites for hydroxylation is 1. The summed E-state index contributed by atoms with van der Waals surface area (Å²) < 4.78 is 7.09. The number of nitrogens with one attached hydrogen (secondary N) is 2. The number of methoxy groups -OCH3 is 1. The molecule has 0 atom stereocenters. The van der Waals surface area contributed by atoms with Crippen molar-refractivity contribution < 1.29 is 14.3 Å². The van der Waals surface area contributed by atoms with Crippen LogP contribution in [-0.4, -0.2) is 35.0 Å². The van der Waals surface area contributed by atoms with Crippen molar-refractivity contribution in [3.8, 4) is 5.75 Å². The van der Waals surface area contributed by atoms with Crippen LogP contribution in [0, 0.1) is 6.92 Å². The van der Waals surface area contributed by atoms with Gasteiger partial charge < -0.3 is 19.9 Å². The maximum Gasteiger partial charge on any atom is 0.251 e. The third-order valence-electron chi connectivity index (χ3n) is 5.63. The number of carbonyl (C=O) groups excluding carboxylic acids is 2. The normalized spacial score (nSPS) is 10.8. The summed E-state index contributed by atoms with van der Waals surface area (Å²) in [5.41, 5.74) is 4.43. The van der Waals surface area contributed by atoms with Crippen molar-refractivity contribution in [2.75, 3.05) is 13.7 Å². The highest BCUT2D eigenvalue weighted by molar-refractivity contribution is 5.94. The summed E-state index contributed by atoms with van der Waals surface area (Å²) in [5.74, 6) is 1.30. The molecular weight excluding hydrogens is 428 g/mol. The highest BCUT2D eigenvalue weighted by Gasteiger charge is 2.14. The third-order valence-corrected chi connectivity index (χ3v) is 5.63. The molecule has 0 saturated heterocycles. The Bertz CT molecular complexity index is 1280. The summed E-state index contributed by atoms with van der Waals surface area (Å²) in [4.78, 5) is 29.9. The van der Waals surface area contributed by atoms with Gasteiger partial charge in [0.25, 0.3) is 5.91 Å². The monoisotopic (exact) mass is 456 g/mol. The molecule has 34 heavy (non-hydrogen) atoms. The lowest BCUT2D eigenvalue weighted by atomic mass is 10.1. The minimum absolute atomic E-state index is 0.107. The highest BCUT2D eigenvalue weighted by atomic mass is 16.5. The molecule has 0 unspecified atom stereocenters. The van der Waals surface area contributed by atoms with E-state index in [0.717, 1.165) is 33.7 Å². The van der Waals surface area contributed by atoms with E-state index < -0.39 is 0 Å². The minimum Gasteiger partial charge on any atom is -0.497 e. The molecule has 1 aromatic heterocycles. The zero-order chi connectivity index (χ0) is 23.9. The van der Waals surface area contributed by atoms with Gasteiger partial charge in [-0.05, 0) is 48.9 Å². The second kappa shape index (κ2) is 10.7. The molecule has 0 saturated carbocycles. The Morgan fingerprint density at radius 2 is 1.68 bits per heavy atom. The first-order chi connectivity index (χ1) is 16.5. The molecule has 3 aromatic carbocycles. The number of fused-ring (bicyclic) bond motifs is 1. The number of imidazole rings is 1. The molecule has 0 aliphatic rings. The van der Waals surface area contributed by atoms with Gasteiger partial charge in [-0.2, -0.15) is 0 Å². The van der Waals surface area contributed by atoms with Gasteiger partial charge in [-0.15, -0.1) is 0 Å². The molecule has 2 amide bonds. The Morgan fingerprint density at radius 3 is 2.41 bits per heavy atom. The summed E-state index contributed by atoms with van der Waals surface area (Å²) >= 11 is 0. The summed E-state index contributed by atoms with van der Waals surface area (Å²) in [5, 5.41) is 5.91. The van der Waals surface area contributed by atoms with Gasteiger partial charge in [0.2, 0.25) is 5.91 Å². The van der Waals surface area contributed by atoms with E-state index in [1.807, 2.05) is 84.3 Å². The Kier molecular flexibility index (Phi) is 7.22. The van der Waals surface area contributed by atoms with Crippen molar-refractivity contribution in [2.24, 2.45) is 0 Å². The molecule has 0 aliphatic carbocycles. The Balaban J connectivity index is 1.40. The van der Waals surface area contributed by atoms with E-state index in [1.54, 1.807) is 7.11 Å². The van der Waals surface area contributed by atoms with E-state index in [1.165, 1.54) is 0 Å². The topological polar surface area (TPSA) is 85.2 Å². The number of aromatic nitrogens is 2. The van der Waals surface area contributed by atoms with Crippen LogP contribution in [0.15, 0.2) is 72.8 Å². The molecule has 0 aliphatic heterocycles. The number of rotatable bonds is 9. The lowest BCUT2D eigenvalue weighted by Crippen LogP contribution is -2.29. The molecule has 0 fully saturated rings. The van der Waals surface area contributed by atoms with E-state index in [-0.39, 0.29) is 18.4 Å². The maximum atomic E-state index is 12.7. The Morgan fingerprint density at radius 1 is 0.941 bits per heavy atom. The van der Waals surface area contributed by atoms with Gasteiger partial charge in [0.05, 0.1) is 18.1 Å². The smallest absolute Gasteiger partial charge is 0.251 e. The fourth-order valence-electron chi connectivity index (χ4n) is 3.73. The number of nitrogens with zero attached hydrogens (tertiary/aromatic N) is 2. The predicted molar refractivity (Wildman–Crippen MR) is 132 cm³/mol. The van der Waals surface area contributed by atoms with Crippen LogP contribution in [0.25, 0.3) is 11.0 Å². The first-order valence-electron chi connectivity index (χ1n) is 11.2. The van der Waals surface area contributed by atoms with Crippen molar-refractivity contribution in [3.63, 3.8) is 0 Å². The standard InChI is InChI=1S/C27H28N4O3/c1-19-7-11-21(12-8-19)27(33)28-16-15-25-30-23-5-3-4-6-24(23)31(25)18-26(32)29-17-20-9-13-22(34-2)14-10-20/h3-14H,15-18H2,1-2H3,(H,28,33)(H,29,32). The zero-order valence-electron chi connectivity index (χ0n) is 19.4. The SMILES string of the molecule is COc1ccc(CNC(=O)Cn2c(CCNC(=O)c3ccc(C)cc3)nc3ccccc32)cc1. The van der Waals surface area contributed by atoms with Gasteiger partial charge in [-0.1, -0.05) is 42.0 Å². The first kappa shape index (κ1) is 23.0. The van der Waals surface area contributed by atoms with Gasteiger partial charge >= 0.3 is 0 Å². The van der Waals surface area contributed by atoms with Crippen LogP contribution in [0.3, 0.4) is 0 Å². The number of carbonyl (C=O) groups is 2. The molecule has 4 aromatic rings. The number of para-hydroxylation sites is 2. The molecule has 7 nitrogen and oxygen atoms in total. The van der Waals surface area contributed by atoms with Crippen molar-refractivity contribution in [3.05, 3.63) is 95.3 Å². The highest BCUT2D eigenvalue weighted by Crippen LogP contribution is 2.17. The lowest BCUT2D eigenvalue weighted by molar-refractivity contribution is -0.121. The van der Waals surface area contributed by atoms with Crippen LogP contribution in [0.5, 0.6) is 5.75 Å². The molecule has 0 bridgehead atoms. The van der Waals surface area contributed by atoms with Gasteiger partial charge in [-0.3, -0.25) is 9.59 Å². The number of benzene rings is 3. The molecule has 7 heteroatoms. The second-order valence-electron chi connectivity index (χ2n) is 8.10. The lowest BCUT2D eigenvalue weighted by Gasteiger charge is -2.11. The average molecular weight is 457 g/mol. The fourth-order valence-corrected chi connectivity index (χ4v) is 3.73. The van der Waals surface area contributed by atoms with E-state index >= 15 is 0 Å². The van der Waals surface area contributed by atoms with Gasteiger partial charge in [0.15, 0.2) is 0 Å². The number of ether oxygens (including phenoxy) is 1. The van der Waals surface area contributed by atoms with Crippen LogP contribution in [-0.2, 0) is 24.3 Å². The summed E-state index contributed by atoms with van der Waals surface area (Å²) in [6.45, 7) is 2.98. The van der Waals surface area contributed by atoms with Crippen LogP contribution >= 0.6 is 0 Å². The van der Waals surface area contributed by atoms with E-state index in [4.69, 9.17) is 9.72 Å². The molecular formula is C27H28N4O3. The van der Waals surface area contributed by atoms with Gasteiger partial charge in [-0.25, -0.2) is 4.98 Å². The molecule has 0 spiro atoms. The average Bonchev–Trinajstić information content (AvgIpc) is 3.20. The van der Waals surface area contributed by atoms with E-state index in [2.05, 4.69) is 10.6 Å². The van der Waals surface area contributed by atoms with Crippen molar-refractivity contribution in [1.29, 1.82) is 0 Å². The van der Waals surface area contributed by atoms with E-state index in [9.17, 15) is 9.59 Å². The summed E-state index contributed by atoms with van der Waals surface area (Å²) in [7, 11) is 1.62. The van der Waals surface area contributed by atoms with E-state index in [0.29, 0.717) is 25.1 Å². The van der Waals surface area contributed by atoms with Crippen LogP contribution in [0.2, 0.25) is 0 Å². The molecule has 2 N–H and O–H groups in total. The number of hydrogen-bond donors (Lipinski definition) is 2. The fraction of sp³-hybridized carbons (Fsp3) is 0.222. The minimum atomic E-state index is -0.125. The summed E-state index contributed by atoms with van der Waals surface area (Å²) in [6, 6.07) is 22.8. The van der Waals surface area contributed by atoms with Crippen molar-refractivity contribution in [2.45, 2.75) is 26.4 Å². The van der Waals surface area contributed by atoms with Crippen molar-refractivity contribution >= 4 is 22.8 Å². The quantitative estimate of drug-likeness (QED) is 0.403. The number of hydrogen-bond acceptors (Lipinski definition) is 4. The van der Waals surface area contributed by atoms with Crippen molar-refractivity contribution in [1.82, 2.24) is 20.2 Å².